The molecule has 0 N–H and O–H groups in total. The highest BCUT2D eigenvalue weighted by molar-refractivity contribution is 5.75. The summed E-state index contributed by atoms with van der Waals surface area (Å²) in [6, 6.07) is 0. The predicted octanol–water partition coefficient (Wildman–Crippen LogP) is 3.05. The zero-order valence-electron chi connectivity index (χ0n) is 12.7. The van der Waals surface area contributed by atoms with Crippen LogP contribution >= 0.6 is 0 Å². The van der Waals surface area contributed by atoms with Crippen LogP contribution in [0.2, 0.25) is 0 Å². The van der Waals surface area contributed by atoms with Gasteiger partial charge in [-0.1, -0.05) is 39.5 Å². The Morgan fingerprint density at radius 1 is 1.37 bits per heavy atom. The molecule has 19 heavy (non-hydrogen) atoms. The van der Waals surface area contributed by atoms with Gasteiger partial charge in [-0.15, -0.1) is 0 Å². The summed E-state index contributed by atoms with van der Waals surface area (Å²) in [5.41, 5.74) is 1.24. The summed E-state index contributed by atoms with van der Waals surface area (Å²) < 4.78 is 1.74. The third-order valence-electron chi connectivity index (χ3n) is 3.51. The molecule has 1 unspecified atom stereocenters. The third-order valence-corrected chi connectivity index (χ3v) is 3.51. The Morgan fingerprint density at radius 2 is 2.11 bits per heavy atom. The number of carbonyl (C=O) groups excluding carboxylic acids is 1. The van der Waals surface area contributed by atoms with Crippen LogP contribution in [0.1, 0.15) is 57.4 Å². The van der Waals surface area contributed by atoms with E-state index in [1.54, 1.807) is 23.7 Å². The lowest BCUT2D eigenvalue weighted by Gasteiger charge is -2.10. The molecule has 0 spiro atoms. The molecule has 1 amide bonds. The molecule has 1 heterocycles. The second-order valence-corrected chi connectivity index (χ2v) is 5.51. The van der Waals surface area contributed by atoms with E-state index in [1.807, 2.05) is 12.4 Å². The summed E-state index contributed by atoms with van der Waals surface area (Å²) in [5, 5.41) is 4.27. The average molecular weight is 265 g/mol. The van der Waals surface area contributed by atoms with Gasteiger partial charge >= 0.3 is 0 Å². The van der Waals surface area contributed by atoms with Crippen molar-refractivity contribution in [3.63, 3.8) is 0 Å². The first-order valence-corrected chi connectivity index (χ1v) is 7.27. The van der Waals surface area contributed by atoms with Crippen LogP contribution in [-0.2, 0) is 11.3 Å². The van der Waals surface area contributed by atoms with Crippen molar-refractivity contribution in [2.75, 3.05) is 14.1 Å². The van der Waals surface area contributed by atoms with E-state index in [9.17, 15) is 4.79 Å². The summed E-state index contributed by atoms with van der Waals surface area (Å²) in [4.78, 5) is 13.2. The highest BCUT2D eigenvalue weighted by atomic mass is 16.2. The quantitative estimate of drug-likeness (QED) is 0.678. The van der Waals surface area contributed by atoms with Gasteiger partial charge in [0.1, 0.15) is 6.54 Å². The number of rotatable bonds is 8. The van der Waals surface area contributed by atoms with Gasteiger partial charge in [0.05, 0.1) is 6.20 Å². The van der Waals surface area contributed by atoms with Crippen LogP contribution in [-0.4, -0.2) is 34.7 Å². The van der Waals surface area contributed by atoms with Crippen LogP contribution in [0.3, 0.4) is 0 Å². The van der Waals surface area contributed by atoms with Crippen molar-refractivity contribution >= 4 is 5.91 Å². The van der Waals surface area contributed by atoms with E-state index in [0.29, 0.717) is 12.5 Å². The van der Waals surface area contributed by atoms with Gasteiger partial charge < -0.3 is 4.90 Å². The van der Waals surface area contributed by atoms with Crippen LogP contribution in [0.5, 0.6) is 0 Å². The minimum Gasteiger partial charge on any atom is -0.347 e. The highest BCUT2D eigenvalue weighted by Gasteiger charge is 2.10. The Hall–Kier alpha value is -1.32. The molecule has 1 aromatic heterocycles. The minimum absolute atomic E-state index is 0.0743. The number of nitrogens with zero attached hydrogens (tertiary/aromatic N) is 3. The topological polar surface area (TPSA) is 38.1 Å². The molecule has 1 atom stereocenters. The first-order valence-electron chi connectivity index (χ1n) is 7.27. The maximum Gasteiger partial charge on any atom is 0.243 e. The highest BCUT2D eigenvalue weighted by Crippen LogP contribution is 2.21. The van der Waals surface area contributed by atoms with Crippen LogP contribution in [0.25, 0.3) is 0 Å². The zero-order chi connectivity index (χ0) is 14.3. The number of likely N-dealkylation sites (N-methyl/N-ethyl adjacent to an activating group) is 1. The van der Waals surface area contributed by atoms with Crippen LogP contribution < -0.4 is 0 Å². The molecule has 1 aromatic rings. The number of amides is 1. The maximum atomic E-state index is 11.6. The minimum atomic E-state index is 0.0743. The molecule has 4 nitrogen and oxygen atoms in total. The molecule has 0 radical (unpaired) electrons. The number of carbonyl (C=O) groups is 1. The molecular weight excluding hydrogens is 238 g/mol. The van der Waals surface area contributed by atoms with Gasteiger partial charge in [0.2, 0.25) is 5.91 Å². The first kappa shape index (κ1) is 15.7. The summed E-state index contributed by atoms with van der Waals surface area (Å²) in [6.07, 6.45) is 10.3. The lowest BCUT2D eigenvalue weighted by Crippen LogP contribution is -2.26. The van der Waals surface area contributed by atoms with Crippen LogP contribution in [0, 0.1) is 0 Å². The van der Waals surface area contributed by atoms with Gasteiger partial charge in [0.15, 0.2) is 0 Å². The number of unbranched alkanes of at least 4 members (excludes halogenated alkanes) is 3. The molecular formula is C15H27N3O. The molecule has 0 aliphatic carbocycles. The Labute approximate surface area is 116 Å². The Bertz CT molecular complexity index is 384. The van der Waals surface area contributed by atoms with E-state index in [1.165, 1.54) is 37.7 Å². The molecule has 0 aliphatic rings. The van der Waals surface area contributed by atoms with Gasteiger partial charge in [-0.2, -0.15) is 5.10 Å². The number of hydrogen-bond acceptors (Lipinski definition) is 2. The van der Waals surface area contributed by atoms with Gasteiger partial charge in [-0.25, -0.2) is 0 Å². The number of aromatic nitrogens is 2. The van der Waals surface area contributed by atoms with E-state index < -0.39 is 0 Å². The maximum absolute atomic E-state index is 11.6. The van der Waals surface area contributed by atoms with Crippen molar-refractivity contribution < 1.29 is 4.79 Å². The van der Waals surface area contributed by atoms with Gasteiger partial charge in [-0.05, 0) is 17.9 Å². The van der Waals surface area contributed by atoms with Gasteiger partial charge in [-0.3, -0.25) is 9.48 Å². The predicted molar refractivity (Wildman–Crippen MR) is 78.1 cm³/mol. The van der Waals surface area contributed by atoms with Crippen LogP contribution in [0.15, 0.2) is 12.4 Å². The van der Waals surface area contributed by atoms with Crippen molar-refractivity contribution in [1.29, 1.82) is 0 Å². The molecule has 1 rings (SSSR count). The Kier molecular flexibility index (Phi) is 6.60. The summed E-state index contributed by atoms with van der Waals surface area (Å²) in [7, 11) is 3.53. The van der Waals surface area contributed by atoms with E-state index in [4.69, 9.17) is 0 Å². The van der Waals surface area contributed by atoms with Crippen molar-refractivity contribution in [3.8, 4) is 0 Å². The lowest BCUT2D eigenvalue weighted by atomic mass is 9.97. The van der Waals surface area contributed by atoms with E-state index in [2.05, 4.69) is 18.9 Å². The van der Waals surface area contributed by atoms with Crippen molar-refractivity contribution in [1.82, 2.24) is 14.7 Å². The molecule has 0 bridgehead atoms. The van der Waals surface area contributed by atoms with Crippen molar-refractivity contribution in [2.24, 2.45) is 0 Å². The molecule has 0 saturated carbocycles. The molecule has 4 heteroatoms. The molecule has 0 aliphatic heterocycles. The molecule has 0 aromatic carbocycles. The third kappa shape index (κ3) is 5.45. The smallest absolute Gasteiger partial charge is 0.243 e. The van der Waals surface area contributed by atoms with Crippen LogP contribution in [0.4, 0.5) is 0 Å². The normalized spacial score (nSPS) is 12.4. The standard InChI is InChI=1S/C15H27N3O/c1-5-6-7-8-9-13(2)14-10-16-18(11-14)12-15(19)17(3)4/h10-11,13H,5-9,12H2,1-4H3. The Morgan fingerprint density at radius 3 is 2.74 bits per heavy atom. The largest absolute Gasteiger partial charge is 0.347 e. The summed E-state index contributed by atoms with van der Waals surface area (Å²) in [6.45, 7) is 4.80. The van der Waals surface area contributed by atoms with Crippen molar-refractivity contribution in [2.45, 2.75) is 58.4 Å². The van der Waals surface area contributed by atoms with Gasteiger partial charge in [0, 0.05) is 20.3 Å². The Balaban J connectivity index is 2.42. The zero-order valence-corrected chi connectivity index (χ0v) is 12.7. The lowest BCUT2D eigenvalue weighted by molar-refractivity contribution is -0.129. The van der Waals surface area contributed by atoms with Gasteiger partial charge in [0.25, 0.3) is 0 Å². The van der Waals surface area contributed by atoms with E-state index in [0.717, 1.165) is 0 Å². The van der Waals surface area contributed by atoms with E-state index in [-0.39, 0.29) is 5.91 Å². The second kappa shape index (κ2) is 7.97. The SMILES string of the molecule is CCCCCCC(C)c1cnn(CC(=O)N(C)C)c1. The molecule has 0 fully saturated rings. The fraction of sp³-hybridized carbons (Fsp3) is 0.733. The molecule has 108 valence electrons. The second-order valence-electron chi connectivity index (χ2n) is 5.51. The number of hydrogen-bond donors (Lipinski definition) is 0. The fourth-order valence-corrected chi connectivity index (χ4v) is 2.04. The summed E-state index contributed by atoms with van der Waals surface area (Å²) in [5.74, 6) is 0.602. The molecule has 0 saturated heterocycles. The average Bonchev–Trinajstić information content (AvgIpc) is 2.82. The summed E-state index contributed by atoms with van der Waals surface area (Å²) >= 11 is 0. The van der Waals surface area contributed by atoms with Crippen molar-refractivity contribution in [3.05, 3.63) is 18.0 Å². The fourth-order valence-electron chi connectivity index (χ4n) is 2.04. The van der Waals surface area contributed by atoms with E-state index >= 15 is 0 Å². The first-order chi connectivity index (χ1) is 9.04. The monoisotopic (exact) mass is 265 g/mol.